The van der Waals surface area contributed by atoms with E-state index in [-0.39, 0.29) is 11.8 Å². The van der Waals surface area contributed by atoms with Crippen LogP contribution < -0.4 is 10.1 Å². The third-order valence-corrected chi connectivity index (χ3v) is 3.17. The molecule has 0 aliphatic heterocycles. The molecule has 5 heteroatoms. The van der Waals surface area contributed by atoms with Gasteiger partial charge in [0.25, 0.3) is 0 Å². The van der Waals surface area contributed by atoms with E-state index < -0.39 is 0 Å². The van der Waals surface area contributed by atoms with Crippen LogP contribution in [0, 0.1) is 5.92 Å². The van der Waals surface area contributed by atoms with Crippen molar-refractivity contribution in [3.8, 4) is 5.75 Å². The van der Waals surface area contributed by atoms with Gasteiger partial charge in [-0.25, -0.2) is 0 Å². The normalized spacial score (nSPS) is 11.9. The maximum absolute atomic E-state index is 11.7. The molecule has 0 bridgehead atoms. The molecule has 1 aromatic rings. The maximum Gasteiger partial charge on any atom is 0.223 e. The van der Waals surface area contributed by atoms with Crippen molar-refractivity contribution in [2.75, 3.05) is 19.1 Å². The van der Waals surface area contributed by atoms with Gasteiger partial charge < -0.3 is 10.1 Å². The molecule has 0 aliphatic carbocycles. The second kappa shape index (κ2) is 7.17. The zero-order chi connectivity index (χ0) is 12.7. The Morgan fingerprint density at radius 2 is 2.35 bits per heavy atom. The van der Waals surface area contributed by atoms with Crippen LogP contribution in [0.1, 0.15) is 12.5 Å². The lowest BCUT2D eigenvalue weighted by atomic mass is 10.2. The lowest BCUT2D eigenvalue weighted by Crippen LogP contribution is -2.29. The topological polar surface area (TPSA) is 51.2 Å². The molecule has 0 radical (unpaired) electrons. The lowest BCUT2D eigenvalue weighted by Gasteiger charge is -2.11. The number of ether oxygens (including phenoxy) is 1. The summed E-state index contributed by atoms with van der Waals surface area (Å²) in [5.74, 6) is 1.64. The average molecular weight is 254 g/mol. The lowest BCUT2D eigenvalue weighted by molar-refractivity contribution is -0.124. The highest BCUT2D eigenvalue weighted by atomic mass is 32.2. The second-order valence-electron chi connectivity index (χ2n) is 3.81. The number of hydrogen-bond acceptors (Lipinski definition) is 4. The van der Waals surface area contributed by atoms with E-state index in [0.29, 0.717) is 12.3 Å². The molecule has 0 saturated carbocycles. The number of pyridine rings is 1. The standard InChI is InChI=1S/C12H18N2O2S/c1-9(8-17-3)12(15)14-6-10-4-11(16-2)7-13-5-10/h4-5,7,9H,6,8H2,1-3H3,(H,14,15). The number of rotatable bonds is 6. The van der Waals surface area contributed by atoms with Crippen LogP contribution in [0.4, 0.5) is 0 Å². The average Bonchev–Trinajstić information content (AvgIpc) is 2.36. The molecule has 1 amide bonds. The summed E-state index contributed by atoms with van der Waals surface area (Å²) < 4.78 is 5.07. The Morgan fingerprint density at radius 1 is 1.59 bits per heavy atom. The van der Waals surface area contributed by atoms with Crippen LogP contribution in [0.2, 0.25) is 0 Å². The zero-order valence-corrected chi connectivity index (χ0v) is 11.2. The summed E-state index contributed by atoms with van der Waals surface area (Å²) in [5, 5.41) is 2.89. The zero-order valence-electron chi connectivity index (χ0n) is 10.4. The molecule has 1 heterocycles. The van der Waals surface area contributed by atoms with E-state index in [9.17, 15) is 4.79 Å². The van der Waals surface area contributed by atoms with Crippen molar-refractivity contribution in [1.29, 1.82) is 0 Å². The van der Waals surface area contributed by atoms with Crippen LogP contribution in [-0.4, -0.2) is 30.0 Å². The molecule has 0 spiro atoms. The van der Waals surface area contributed by atoms with Gasteiger partial charge in [0.2, 0.25) is 5.91 Å². The summed E-state index contributed by atoms with van der Waals surface area (Å²) in [5.41, 5.74) is 0.939. The number of carbonyl (C=O) groups excluding carboxylic acids is 1. The van der Waals surface area contributed by atoms with Gasteiger partial charge in [-0.2, -0.15) is 11.8 Å². The quantitative estimate of drug-likeness (QED) is 0.839. The van der Waals surface area contributed by atoms with Gasteiger partial charge in [-0.05, 0) is 17.9 Å². The van der Waals surface area contributed by atoms with Crippen LogP contribution in [0.25, 0.3) is 0 Å². The summed E-state index contributed by atoms with van der Waals surface area (Å²) in [6.45, 7) is 2.41. The number of methoxy groups -OCH3 is 1. The van der Waals surface area contributed by atoms with E-state index in [1.54, 1.807) is 31.3 Å². The fraction of sp³-hybridized carbons (Fsp3) is 0.500. The molecule has 1 rings (SSSR count). The molecule has 0 aliphatic rings. The summed E-state index contributed by atoms with van der Waals surface area (Å²) in [7, 11) is 1.60. The van der Waals surface area contributed by atoms with E-state index in [0.717, 1.165) is 11.3 Å². The fourth-order valence-corrected chi connectivity index (χ4v) is 2.01. The fourth-order valence-electron chi connectivity index (χ4n) is 1.36. The first-order chi connectivity index (χ1) is 8.17. The Labute approximate surface area is 106 Å². The highest BCUT2D eigenvalue weighted by Crippen LogP contribution is 2.10. The van der Waals surface area contributed by atoms with Crippen LogP contribution >= 0.6 is 11.8 Å². The van der Waals surface area contributed by atoms with Gasteiger partial charge in [0.1, 0.15) is 5.75 Å². The van der Waals surface area contributed by atoms with E-state index in [4.69, 9.17) is 4.74 Å². The number of hydrogen-bond donors (Lipinski definition) is 1. The monoisotopic (exact) mass is 254 g/mol. The van der Waals surface area contributed by atoms with Crippen molar-refractivity contribution in [3.63, 3.8) is 0 Å². The highest BCUT2D eigenvalue weighted by molar-refractivity contribution is 7.98. The number of aromatic nitrogens is 1. The van der Waals surface area contributed by atoms with Crippen molar-refractivity contribution in [2.45, 2.75) is 13.5 Å². The van der Waals surface area contributed by atoms with Gasteiger partial charge >= 0.3 is 0 Å². The van der Waals surface area contributed by atoms with Crippen molar-refractivity contribution in [1.82, 2.24) is 10.3 Å². The molecule has 1 unspecified atom stereocenters. The second-order valence-corrected chi connectivity index (χ2v) is 4.72. The number of nitrogens with one attached hydrogen (secondary N) is 1. The third kappa shape index (κ3) is 4.65. The number of thioether (sulfide) groups is 1. The van der Waals surface area contributed by atoms with Gasteiger partial charge in [0.05, 0.1) is 13.3 Å². The van der Waals surface area contributed by atoms with Gasteiger partial charge in [0.15, 0.2) is 0 Å². The number of nitrogens with zero attached hydrogens (tertiary/aromatic N) is 1. The molecule has 1 aromatic heterocycles. The van der Waals surface area contributed by atoms with E-state index in [2.05, 4.69) is 10.3 Å². The molecular weight excluding hydrogens is 236 g/mol. The molecule has 94 valence electrons. The van der Waals surface area contributed by atoms with E-state index in [1.165, 1.54) is 0 Å². The Balaban J connectivity index is 2.46. The number of carbonyl (C=O) groups is 1. The van der Waals surface area contributed by atoms with Gasteiger partial charge in [-0.1, -0.05) is 6.92 Å². The van der Waals surface area contributed by atoms with Crippen LogP contribution in [0.3, 0.4) is 0 Å². The highest BCUT2D eigenvalue weighted by Gasteiger charge is 2.11. The molecule has 1 N–H and O–H groups in total. The summed E-state index contributed by atoms with van der Waals surface area (Å²) in [4.78, 5) is 15.7. The van der Waals surface area contributed by atoms with Crippen LogP contribution in [0.5, 0.6) is 5.75 Å². The first kappa shape index (κ1) is 13.8. The van der Waals surface area contributed by atoms with E-state index >= 15 is 0 Å². The van der Waals surface area contributed by atoms with Gasteiger partial charge in [-0.3, -0.25) is 9.78 Å². The predicted octanol–water partition coefficient (Wildman–Crippen LogP) is 1.71. The van der Waals surface area contributed by atoms with Crippen LogP contribution in [-0.2, 0) is 11.3 Å². The van der Waals surface area contributed by atoms with Crippen molar-refractivity contribution in [2.24, 2.45) is 5.92 Å². The minimum atomic E-state index is 0.0311. The van der Waals surface area contributed by atoms with Gasteiger partial charge in [0, 0.05) is 24.4 Å². The number of amides is 1. The predicted molar refractivity (Wildman–Crippen MR) is 70.2 cm³/mol. The molecular formula is C12H18N2O2S. The smallest absolute Gasteiger partial charge is 0.223 e. The summed E-state index contributed by atoms with van der Waals surface area (Å²) in [6.07, 6.45) is 5.36. The molecule has 0 aromatic carbocycles. The molecule has 1 atom stereocenters. The Morgan fingerprint density at radius 3 is 3.00 bits per heavy atom. The first-order valence-electron chi connectivity index (χ1n) is 5.42. The SMILES string of the molecule is COc1cncc(CNC(=O)C(C)CSC)c1. The Hall–Kier alpha value is -1.23. The van der Waals surface area contributed by atoms with Crippen molar-refractivity contribution >= 4 is 17.7 Å². The van der Waals surface area contributed by atoms with Crippen LogP contribution in [0.15, 0.2) is 18.5 Å². The first-order valence-corrected chi connectivity index (χ1v) is 6.81. The Kier molecular flexibility index (Phi) is 5.83. The Bertz CT molecular complexity index is 371. The van der Waals surface area contributed by atoms with Crippen molar-refractivity contribution < 1.29 is 9.53 Å². The molecule has 17 heavy (non-hydrogen) atoms. The minimum Gasteiger partial charge on any atom is -0.495 e. The third-order valence-electron chi connectivity index (χ3n) is 2.34. The van der Waals surface area contributed by atoms with Crippen molar-refractivity contribution in [3.05, 3.63) is 24.0 Å². The molecule has 4 nitrogen and oxygen atoms in total. The maximum atomic E-state index is 11.7. The molecule has 0 saturated heterocycles. The minimum absolute atomic E-state index is 0.0311. The largest absolute Gasteiger partial charge is 0.495 e. The summed E-state index contributed by atoms with van der Waals surface area (Å²) in [6, 6.07) is 1.87. The van der Waals surface area contributed by atoms with E-state index in [1.807, 2.05) is 19.2 Å². The summed E-state index contributed by atoms with van der Waals surface area (Å²) >= 11 is 1.67. The molecule has 0 fully saturated rings. The van der Waals surface area contributed by atoms with Gasteiger partial charge in [-0.15, -0.1) is 0 Å².